The lowest BCUT2D eigenvalue weighted by atomic mass is 9.74. The van der Waals surface area contributed by atoms with E-state index in [4.69, 9.17) is 4.74 Å². The summed E-state index contributed by atoms with van der Waals surface area (Å²) >= 11 is 1.32. The first-order valence-corrected chi connectivity index (χ1v) is 12.5. The van der Waals surface area contributed by atoms with Crippen LogP contribution in [0.5, 0.6) is 0 Å². The van der Waals surface area contributed by atoms with Crippen LogP contribution in [0.2, 0.25) is 0 Å². The molecular formula is C24H30N4O4S. The number of nitrogens with zero attached hydrogens (tertiary/aromatic N) is 3. The van der Waals surface area contributed by atoms with Crippen LogP contribution < -0.4 is 5.32 Å². The van der Waals surface area contributed by atoms with Crippen molar-refractivity contribution in [2.75, 3.05) is 31.5 Å². The number of esters is 1. The number of carbonyl (C=O) groups excluding carboxylic acids is 3. The number of likely N-dealkylation sites (tertiary alicyclic amines) is 2. The van der Waals surface area contributed by atoms with Crippen LogP contribution in [-0.2, 0) is 14.3 Å². The van der Waals surface area contributed by atoms with Gasteiger partial charge in [0.1, 0.15) is 15.4 Å². The number of aromatic nitrogens is 1. The summed E-state index contributed by atoms with van der Waals surface area (Å²) in [4.78, 5) is 46.7. The lowest BCUT2D eigenvalue weighted by Crippen LogP contribution is -2.53. The Morgan fingerprint density at radius 3 is 2.79 bits per heavy atom. The third-order valence-electron chi connectivity index (χ3n) is 7.31. The number of thiophene rings is 1. The first-order valence-electron chi connectivity index (χ1n) is 11.7. The van der Waals surface area contributed by atoms with E-state index in [1.165, 1.54) is 11.3 Å². The maximum atomic E-state index is 13.4. The fourth-order valence-corrected chi connectivity index (χ4v) is 6.96. The van der Waals surface area contributed by atoms with Crippen molar-refractivity contribution in [1.29, 1.82) is 0 Å². The topological polar surface area (TPSA) is 91.8 Å². The van der Waals surface area contributed by atoms with Gasteiger partial charge in [0.05, 0.1) is 11.0 Å². The molecule has 8 nitrogen and oxygen atoms in total. The number of carbonyl (C=O) groups is 3. The number of ether oxygens (including phenoxy) is 1. The second-order valence-corrected chi connectivity index (χ2v) is 11.1. The monoisotopic (exact) mass is 470 g/mol. The van der Waals surface area contributed by atoms with E-state index in [9.17, 15) is 14.4 Å². The Morgan fingerprint density at radius 2 is 2.09 bits per heavy atom. The molecule has 0 aliphatic carbocycles. The molecule has 0 bridgehead atoms. The predicted molar refractivity (Wildman–Crippen MR) is 126 cm³/mol. The number of fused-ring (bicyclic) bond motifs is 1. The first kappa shape index (κ1) is 22.3. The largest absolute Gasteiger partial charge is 0.459 e. The van der Waals surface area contributed by atoms with Gasteiger partial charge in [0.15, 0.2) is 0 Å². The molecule has 0 radical (unpaired) electrons. The van der Waals surface area contributed by atoms with Crippen molar-refractivity contribution >= 4 is 44.8 Å². The summed E-state index contributed by atoms with van der Waals surface area (Å²) in [6.45, 7) is 7.05. The SMILES string of the molecule is CC1(C)CC2(CCCN(C3CCN(C(=O)c4c(NC=O)sc5ncccc45)CC3)C2)C(=O)O1. The number of anilines is 1. The minimum absolute atomic E-state index is 0.0435. The molecule has 176 valence electrons. The quantitative estimate of drug-likeness (QED) is 0.545. The molecule has 9 heteroatoms. The number of hydrogen-bond donors (Lipinski definition) is 1. The predicted octanol–water partition coefficient (Wildman–Crippen LogP) is 3.28. The zero-order chi connectivity index (χ0) is 23.2. The molecular weight excluding hydrogens is 440 g/mol. The van der Waals surface area contributed by atoms with E-state index in [-0.39, 0.29) is 22.9 Å². The van der Waals surface area contributed by atoms with Gasteiger partial charge in [-0.3, -0.25) is 19.3 Å². The molecule has 2 amide bonds. The average Bonchev–Trinajstić information content (AvgIpc) is 3.26. The van der Waals surface area contributed by atoms with Crippen LogP contribution in [0.4, 0.5) is 5.00 Å². The summed E-state index contributed by atoms with van der Waals surface area (Å²) in [6, 6.07) is 4.05. The van der Waals surface area contributed by atoms with Crippen molar-refractivity contribution in [2.24, 2.45) is 5.41 Å². The summed E-state index contributed by atoms with van der Waals surface area (Å²) in [5.41, 5.74) is -0.241. The van der Waals surface area contributed by atoms with E-state index >= 15 is 0 Å². The summed E-state index contributed by atoms with van der Waals surface area (Å²) in [5, 5.41) is 4.01. The lowest BCUT2D eigenvalue weighted by Gasteiger charge is -2.44. The molecule has 5 rings (SSSR count). The lowest BCUT2D eigenvalue weighted by molar-refractivity contribution is -0.154. The average molecular weight is 471 g/mol. The fraction of sp³-hybridized carbons (Fsp3) is 0.583. The highest BCUT2D eigenvalue weighted by Crippen LogP contribution is 2.47. The van der Waals surface area contributed by atoms with Gasteiger partial charge in [-0.2, -0.15) is 0 Å². The van der Waals surface area contributed by atoms with Crippen molar-refractivity contribution < 1.29 is 19.1 Å². The summed E-state index contributed by atoms with van der Waals surface area (Å²) in [6.07, 6.45) is 6.71. The highest BCUT2D eigenvalue weighted by atomic mass is 32.1. The minimum Gasteiger partial charge on any atom is -0.459 e. The first-order chi connectivity index (χ1) is 15.8. The van der Waals surface area contributed by atoms with E-state index in [0.29, 0.717) is 36.1 Å². The molecule has 0 aromatic carbocycles. The van der Waals surface area contributed by atoms with Crippen molar-refractivity contribution in [3.05, 3.63) is 23.9 Å². The Morgan fingerprint density at radius 1 is 1.30 bits per heavy atom. The molecule has 5 heterocycles. The zero-order valence-corrected chi connectivity index (χ0v) is 20.0. The van der Waals surface area contributed by atoms with E-state index in [2.05, 4.69) is 15.2 Å². The van der Waals surface area contributed by atoms with Gasteiger partial charge in [-0.15, -0.1) is 0 Å². The number of nitrogens with one attached hydrogen (secondary N) is 1. The molecule has 2 aromatic rings. The van der Waals surface area contributed by atoms with E-state index in [1.54, 1.807) is 6.20 Å². The minimum atomic E-state index is -0.388. The summed E-state index contributed by atoms with van der Waals surface area (Å²) in [5.74, 6) is -0.105. The van der Waals surface area contributed by atoms with Gasteiger partial charge in [-0.05, 0) is 58.2 Å². The standard InChI is InChI=1S/C24H30N4O4S/c1-23(2)13-24(22(31)32-23)8-4-10-28(14-24)16-6-11-27(12-7-16)21(30)18-17-5-3-9-25-19(17)33-20(18)26-15-29/h3,5,9,15-16H,4,6-8,10-14H2,1-2H3,(H,26,29). The molecule has 2 aromatic heterocycles. The maximum absolute atomic E-state index is 13.4. The Balaban J connectivity index is 1.28. The summed E-state index contributed by atoms with van der Waals surface area (Å²) < 4.78 is 5.68. The molecule has 3 aliphatic heterocycles. The number of pyridine rings is 1. The number of rotatable bonds is 4. The molecule has 3 saturated heterocycles. The molecule has 1 unspecified atom stereocenters. The van der Waals surface area contributed by atoms with Crippen LogP contribution in [0.3, 0.4) is 0 Å². The van der Waals surface area contributed by atoms with Gasteiger partial charge in [-0.25, -0.2) is 4.98 Å². The molecule has 1 spiro atoms. The second-order valence-electron chi connectivity index (χ2n) is 10.1. The Kier molecular flexibility index (Phi) is 5.64. The Bertz CT molecular complexity index is 1090. The third kappa shape index (κ3) is 4.01. The van der Waals surface area contributed by atoms with Gasteiger partial charge in [0, 0.05) is 43.7 Å². The molecule has 3 aliphatic rings. The molecule has 3 fully saturated rings. The Labute approximate surface area is 197 Å². The fourth-order valence-electron chi connectivity index (χ4n) is 5.96. The molecule has 33 heavy (non-hydrogen) atoms. The highest BCUT2D eigenvalue weighted by molar-refractivity contribution is 7.23. The molecule has 0 saturated carbocycles. The van der Waals surface area contributed by atoms with Gasteiger partial charge in [0.2, 0.25) is 6.41 Å². The van der Waals surface area contributed by atoms with Crippen molar-refractivity contribution in [2.45, 2.75) is 57.6 Å². The van der Waals surface area contributed by atoms with Gasteiger partial charge < -0.3 is 15.0 Å². The van der Waals surface area contributed by atoms with Gasteiger partial charge >= 0.3 is 5.97 Å². The van der Waals surface area contributed by atoms with Crippen molar-refractivity contribution in [3.8, 4) is 0 Å². The third-order valence-corrected chi connectivity index (χ3v) is 8.36. The van der Waals surface area contributed by atoms with Crippen LogP contribution in [0.1, 0.15) is 56.3 Å². The maximum Gasteiger partial charge on any atom is 0.314 e. The number of piperidine rings is 2. The van der Waals surface area contributed by atoms with Crippen molar-refractivity contribution in [3.63, 3.8) is 0 Å². The van der Waals surface area contributed by atoms with Crippen molar-refractivity contribution in [1.82, 2.24) is 14.8 Å². The van der Waals surface area contributed by atoms with Crippen LogP contribution in [0.25, 0.3) is 10.2 Å². The van der Waals surface area contributed by atoms with E-state index in [0.717, 1.165) is 55.4 Å². The Hall–Kier alpha value is -2.52. The number of hydrogen-bond acceptors (Lipinski definition) is 7. The smallest absolute Gasteiger partial charge is 0.314 e. The number of amides is 2. The molecule has 1 N–H and O–H groups in total. The second kappa shape index (κ2) is 8.36. The van der Waals surface area contributed by atoms with Crippen LogP contribution in [-0.4, -0.2) is 70.9 Å². The normalized spacial score (nSPS) is 26.0. The molecule has 1 atom stereocenters. The van der Waals surface area contributed by atoms with E-state index < -0.39 is 0 Å². The van der Waals surface area contributed by atoms with Gasteiger partial charge in [0.25, 0.3) is 5.91 Å². The van der Waals surface area contributed by atoms with Gasteiger partial charge in [-0.1, -0.05) is 11.3 Å². The number of cyclic esters (lactones) is 1. The van der Waals surface area contributed by atoms with Crippen LogP contribution in [0.15, 0.2) is 18.3 Å². The van der Waals surface area contributed by atoms with Crippen LogP contribution in [0, 0.1) is 5.41 Å². The highest BCUT2D eigenvalue weighted by Gasteiger charge is 2.54. The van der Waals surface area contributed by atoms with E-state index in [1.807, 2.05) is 30.9 Å². The van der Waals surface area contributed by atoms with Crippen LogP contribution >= 0.6 is 11.3 Å². The summed E-state index contributed by atoms with van der Waals surface area (Å²) in [7, 11) is 0. The zero-order valence-electron chi connectivity index (χ0n) is 19.1.